The number of nitrogens with two attached hydrogens (primary N) is 2. The van der Waals surface area contributed by atoms with Gasteiger partial charge in [-0.3, -0.25) is 4.90 Å². The van der Waals surface area contributed by atoms with E-state index in [1.807, 2.05) is 0 Å². The van der Waals surface area contributed by atoms with E-state index < -0.39 is 6.09 Å². The lowest BCUT2D eigenvalue weighted by Crippen LogP contribution is -2.56. The maximum absolute atomic E-state index is 10.5. The van der Waals surface area contributed by atoms with Crippen LogP contribution in [0.3, 0.4) is 0 Å². The summed E-state index contributed by atoms with van der Waals surface area (Å²) >= 11 is 0. The number of hydrogen-bond donors (Lipinski definition) is 2. The van der Waals surface area contributed by atoms with Crippen LogP contribution in [0.1, 0.15) is 32.1 Å². The molecular formula is C11H21N3O2. The van der Waals surface area contributed by atoms with Gasteiger partial charge < -0.3 is 16.2 Å². The SMILES string of the molecule is NC(=O)OCCN1C2CCCC1CC(N)C2. The maximum Gasteiger partial charge on any atom is 0.404 e. The third-order valence-corrected chi connectivity index (χ3v) is 3.76. The van der Waals surface area contributed by atoms with Crippen LogP contribution in [0.5, 0.6) is 0 Å². The summed E-state index contributed by atoms with van der Waals surface area (Å²) in [5.41, 5.74) is 11.0. The second kappa shape index (κ2) is 5.01. The van der Waals surface area contributed by atoms with E-state index in [-0.39, 0.29) is 0 Å². The standard InChI is InChI=1S/C11H21N3O2/c12-8-6-9-2-1-3-10(7-8)14(9)4-5-16-11(13)15/h8-10H,1-7,12H2,(H2,13,15). The minimum absolute atomic E-state index is 0.351. The van der Waals surface area contributed by atoms with Gasteiger partial charge in [0.15, 0.2) is 0 Å². The molecule has 16 heavy (non-hydrogen) atoms. The van der Waals surface area contributed by atoms with Crippen molar-refractivity contribution in [3.8, 4) is 0 Å². The Labute approximate surface area is 96.1 Å². The van der Waals surface area contributed by atoms with Crippen LogP contribution in [0, 0.1) is 0 Å². The predicted octanol–water partition coefficient (Wildman–Crippen LogP) is 0.426. The zero-order valence-corrected chi connectivity index (χ0v) is 9.60. The number of carbonyl (C=O) groups excluding carboxylic acids is 1. The van der Waals surface area contributed by atoms with Crippen molar-refractivity contribution in [1.82, 2.24) is 4.90 Å². The van der Waals surface area contributed by atoms with Gasteiger partial charge in [0.1, 0.15) is 6.61 Å². The fourth-order valence-corrected chi connectivity index (χ4v) is 3.14. The summed E-state index contributed by atoms with van der Waals surface area (Å²) < 4.78 is 4.80. The van der Waals surface area contributed by atoms with Crippen LogP contribution >= 0.6 is 0 Å². The van der Waals surface area contributed by atoms with Crippen LogP contribution in [0.4, 0.5) is 4.79 Å². The van der Waals surface area contributed by atoms with Crippen molar-refractivity contribution in [2.75, 3.05) is 13.2 Å². The number of hydrogen-bond acceptors (Lipinski definition) is 4. The van der Waals surface area contributed by atoms with Gasteiger partial charge in [0.2, 0.25) is 0 Å². The number of rotatable bonds is 3. The highest BCUT2D eigenvalue weighted by Gasteiger charge is 2.36. The first-order valence-corrected chi connectivity index (χ1v) is 6.10. The van der Waals surface area contributed by atoms with Crippen molar-refractivity contribution >= 4 is 6.09 Å². The molecule has 2 bridgehead atoms. The van der Waals surface area contributed by atoms with E-state index in [1.54, 1.807) is 0 Å². The van der Waals surface area contributed by atoms with Crippen molar-refractivity contribution in [2.24, 2.45) is 11.5 Å². The number of carbonyl (C=O) groups is 1. The molecular weight excluding hydrogens is 206 g/mol. The third kappa shape index (κ3) is 2.65. The molecule has 0 aromatic rings. The van der Waals surface area contributed by atoms with Gasteiger partial charge >= 0.3 is 6.09 Å². The van der Waals surface area contributed by atoms with E-state index in [0.29, 0.717) is 24.7 Å². The van der Waals surface area contributed by atoms with Crippen LogP contribution < -0.4 is 11.5 Å². The van der Waals surface area contributed by atoms with Gasteiger partial charge in [0.05, 0.1) is 0 Å². The summed E-state index contributed by atoms with van der Waals surface area (Å²) in [5.74, 6) is 0. The number of amides is 1. The Morgan fingerprint density at radius 3 is 2.50 bits per heavy atom. The van der Waals surface area contributed by atoms with Gasteiger partial charge in [-0.15, -0.1) is 0 Å². The molecule has 0 aromatic heterocycles. The highest BCUT2D eigenvalue weighted by atomic mass is 16.5. The summed E-state index contributed by atoms with van der Waals surface area (Å²) in [6, 6.07) is 1.52. The monoisotopic (exact) mass is 227 g/mol. The lowest BCUT2D eigenvalue weighted by atomic mass is 9.82. The van der Waals surface area contributed by atoms with Crippen LogP contribution in [-0.2, 0) is 4.74 Å². The lowest BCUT2D eigenvalue weighted by Gasteiger charge is -2.48. The molecule has 2 fully saturated rings. The smallest absolute Gasteiger partial charge is 0.404 e. The molecule has 1 amide bonds. The second-order valence-corrected chi connectivity index (χ2v) is 4.88. The molecule has 0 radical (unpaired) electrons. The van der Waals surface area contributed by atoms with Crippen LogP contribution in [0.15, 0.2) is 0 Å². The van der Waals surface area contributed by atoms with Crippen molar-refractivity contribution < 1.29 is 9.53 Å². The van der Waals surface area contributed by atoms with Crippen molar-refractivity contribution in [3.05, 3.63) is 0 Å². The molecule has 92 valence electrons. The quantitative estimate of drug-likeness (QED) is 0.732. The Morgan fingerprint density at radius 2 is 1.94 bits per heavy atom. The number of primary amides is 1. The van der Waals surface area contributed by atoms with E-state index in [0.717, 1.165) is 19.4 Å². The average molecular weight is 227 g/mol. The molecule has 2 unspecified atom stereocenters. The maximum atomic E-state index is 10.5. The third-order valence-electron chi connectivity index (χ3n) is 3.76. The van der Waals surface area contributed by atoms with Crippen molar-refractivity contribution in [2.45, 2.75) is 50.2 Å². The molecule has 0 saturated carbocycles. The molecule has 0 aromatic carbocycles. The summed E-state index contributed by atoms with van der Waals surface area (Å²) in [6.45, 7) is 1.20. The Bertz CT molecular complexity index is 246. The largest absolute Gasteiger partial charge is 0.448 e. The van der Waals surface area contributed by atoms with Gasteiger partial charge in [-0.1, -0.05) is 6.42 Å². The molecule has 5 heteroatoms. The molecule has 2 aliphatic rings. The number of fused-ring (bicyclic) bond motifs is 2. The van der Waals surface area contributed by atoms with Gasteiger partial charge in [-0.05, 0) is 25.7 Å². The van der Waals surface area contributed by atoms with E-state index >= 15 is 0 Å². The summed E-state index contributed by atoms with van der Waals surface area (Å²) in [7, 11) is 0. The van der Waals surface area contributed by atoms with Gasteiger partial charge in [-0.2, -0.15) is 0 Å². The zero-order valence-electron chi connectivity index (χ0n) is 9.60. The molecule has 2 saturated heterocycles. The first-order valence-electron chi connectivity index (χ1n) is 6.10. The van der Waals surface area contributed by atoms with Crippen LogP contribution in [0.2, 0.25) is 0 Å². The predicted molar refractivity (Wildman–Crippen MR) is 60.9 cm³/mol. The Hall–Kier alpha value is -0.810. The van der Waals surface area contributed by atoms with Crippen molar-refractivity contribution in [3.63, 3.8) is 0 Å². The average Bonchev–Trinajstić information content (AvgIpc) is 2.18. The summed E-state index contributed by atoms with van der Waals surface area (Å²) in [6.07, 6.45) is 5.22. The topological polar surface area (TPSA) is 81.6 Å². The number of nitrogens with zero attached hydrogens (tertiary/aromatic N) is 1. The molecule has 2 heterocycles. The normalized spacial score (nSPS) is 34.7. The van der Waals surface area contributed by atoms with E-state index in [4.69, 9.17) is 16.2 Å². The minimum atomic E-state index is -0.682. The van der Waals surface area contributed by atoms with E-state index in [9.17, 15) is 4.79 Å². The molecule has 2 atom stereocenters. The lowest BCUT2D eigenvalue weighted by molar-refractivity contribution is 0.0160. The highest BCUT2D eigenvalue weighted by molar-refractivity contribution is 5.64. The molecule has 2 rings (SSSR count). The van der Waals surface area contributed by atoms with Gasteiger partial charge in [0.25, 0.3) is 0 Å². The van der Waals surface area contributed by atoms with Crippen molar-refractivity contribution in [1.29, 1.82) is 0 Å². The minimum Gasteiger partial charge on any atom is -0.448 e. The van der Waals surface area contributed by atoms with Crippen LogP contribution in [-0.4, -0.2) is 42.3 Å². The molecule has 0 aliphatic carbocycles. The fourth-order valence-electron chi connectivity index (χ4n) is 3.14. The number of piperidine rings is 2. The first kappa shape index (κ1) is 11.7. The Morgan fingerprint density at radius 1 is 1.31 bits per heavy atom. The molecule has 2 aliphatic heterocycles. The first-order chi connectivity index (χ1) is 7.66. The van der Waals surface area contributed by atoms with Gasteiger partial charge in [-0.25, -0.2) is 4.79 Å². The second-order valence-electron chi connectivity index (χ2n) is 4.88. The molecule has 0 spiro atoms. The van der Waals surface area contributed by atoms with Gasteiger partial charge in [0, 0.05) is 24.7 Å². The molecule has 5 nitrogen and oxygen atoms in total. The summed E-state index contributed by atoms with van der Waals surface area (Å²) in [5, 5.41) is 0. The molecule has 4 N–H and O–H groups in total. The summed E-state index contributed by atoms with van der Waals surface area (Å²) in [4.78, 5) is 13.0. The number of ether oxygens (including phenoxy) is 1. The van der Waals surface area contributed by atoms with E-state index in [1.165, 1.54) is 19.3 Å². The Kier molecular flexibility index (Phi) is 3.66. The zero-order chi connectivity index (χ0) is 11.5. The Balaban J connectivity index is 1.85. The van der Waals surface area contributed by atoms with E-state index in [2.05, 4.69) is 4.90 Å². The van der Waals surface area contributed by atoms with Crippen LogP contribution in [0.25, 0.3) is 0 Å². The fraction of sp³-hybridized carbons (Fsp3) is 0.909. The highest BCUT2D eigenvalue weighted by Crippen LogP contribution is 2.32.